The normalized spacial score (nSPS) is 14.5. The Labute approximate surface area is 189 Å². The van der Waals surface area contributed by atoms with E-state index in [1.165, 1.54) is 50.0 Å². The van der Waals surface area contributed by atoms with Crippen molar-refractivity contribution in [3.63, 3.8) is 0 Å². The predicted octanol–water partition coefficient (Wildman–Crippen LogP) is 3.85. The van der Waals surface area contributed by atoms with Crippen molar-refractivity contribution in [2.24, 2.45) is 0 Å². The first kappa shape index (κ1) is 23.2. The number of likely N-dealkylation sites (tertiary alicyclic amines) is 1. The molecule has 0 radical (unpaired) electrons. The van der Waals surface area contributed by atoms with Gasteiger partial charge in [0, 0.05) is 31.9 Å². The first-order chi connectivity index (χ1) is 15.2. The van der Waals surface area contributed by atoms with Crippen molar-refractivity contribution in [1.29, 1.82) is 0 Å². The molecular formula is C24H31FN4OS. The topological polar surface area (TPSA) is 49.4 Å². The molecule has 2 aromatic rings. The van der Waals surface area contributed by atoms with Crippen LogP contribution in [0.25, 0.3) is 0 Å². The molecule has 3 rings (SSSR count). The highest BCUT2D eigenvalue weighted by Crippen LogP contribution is 2.15. The summed E-state index contributed by atoms with van der Waals surface area (Å²) < 4.78 is 18.6. The molecule has 0 saturated carbocycles. The molecule has 1 fully saturated rings. The molecule has 1 aliphatic heterocycles. The fourth-order valence-corrected chi connectivity index (χ4v) is 3.66. The Bertz CT molecular complexity index is 838. The molecule has 0 bridgehead atoms. The summed E-state index contributed by atoms with van der Waals surface area (Å²) in [6.45, 7) is 5.10. The van der Waals surface area contributed by atoms with Gasteiger partial charge >= 0.3 is 0 Å². The molecule has 0 atom stereocenters. The number of aromatic nitrogens is 1. The van der Waals surface area contributed by atoms with Gasteiger partial charge in [-0.1, -0.05) is 24.6 Å². The third kappa shape index (κ3) is 9.02. The van der Waals surface area contributed by atoms with E-state index in [0.29, 0.717) is 30.7 Å². The van der Waals surface area contributed by atoms with Crippen molar-refractivity contribution in [2.75, 3.05) is 32.8 Å². The number of nitrogens with zero attached hydrogens (tertiary/aromatic N) is 2. The Kier molecular flexibility index (Phi) is 9.73. The molecule has 7 heteroatoms. The maximum absolute atomic E-state index is 12.9. The van der Waals surface area contributed by atoms with Crippen LogP contribution >= 0.6 is 12.2 Å². The lowest BCUT2D eigenvalue weighted by Gasteiger charge is -2.26. The zero-order valence-electron chi connectivity index (χ0n) is 17.9. The van der Waals surface area contributed by atoms with E-state index in [2.05, 4.69) is 26.6 Å². The highest BCUT2D eigenvalue weighted by molar-refractivity contribution is 7.80. The van der Waals surface area contributed by atoms with Crippen LogP contribution < -0.4 is 15.4 Å². The lowest BCUT2D eigenvalue weighted by molar-refractivity contribution is 0.220. The van der Waals surface area contributed by atoms with E-state index < -0.39 is 0 Å². The van der Waals surface area contributed by atoms with E-state index in [4.69, 9.17) is 17.0 Å². The van der Waals surface area contributed by atoms with Crippen LogP contribution in [0.15, 0.2) is 54.7 Å². The van der Waals surface area contributed by atoms with E-state index >= 15 is 0 Å². The van der Waals surface area contributed by atoms with Crippen LogP contribution in [-0.2, 0) is 13.0 Å². The SMILES string of the molecule is Fc1ccc(CCNC(=S)NC/C=C\COc2cc(CN3CCCCC3)ccn2)cc1. The van der Waals surface area contributed by atoms with Gasteiger partial charge in [-0.25, -0.2) is 9.37 Å². The maximum Gasteiger partial charge on any atom is 0.213 e. The van der Waals surface area contributed by atoms with Crippen molar-refractivity contribution < 1.29 is 9.13 Å². The summed E-state index contributed by atoms with van der Waals surface area (Å²) in [7, 11) is 0. The average Bonchev–Trinajstić information content (AvgIpc) is 2.78. The van der Waals surface area contributed by atoms with Crippen molar-refractivity contribution in [1.82, 2.24) is 20.5 Å². The number of halogens is 1. The van der Waals surface area contributed by atoms with Gasteiger partial charge in [0.1, 0.15) is 12.4 Å². The standard InChI is InChI=1S/C24H31FN4OS/c25-22-8-6-20(7-9-22)10-14-28-24(31)27-12-2-5-17-30-23-18-21(11-13-26-23)19-29-15-3-1-4-16-29/h2,5-9,11,13,18H,1,3-4,10,12,14-17,19H2,(H2,27,28,31)/b5-2-. The minimum Gasteiger partial charge on any atom is -0.473 e. The summed E-state index contributed by atoms with van der Waals surface area (Å²) in [5, 5.41) is 6.87. The number of ether oxygens (including phenoxy) is 1. The lowest BCUT2D eigenvalue weighted by Crippen LogP contribution is -2.36. The van der Waals surface area contributed by atoms with E-state index in [9.17, 15) is 4.39 Å². The van der Waals surface area contributed by atoms with Crippen molar-refractivity contribution in [3.8, 4) is 5.88 Å². The van der Waals surface area contributed by atoms with E-state index in [0.717, 1.165) is 18.5 Å². The van der Waals surface area contributed by atoms with Gasteiger partial charge in [0.25, 0.3) is 0 Å². The second-order valence-corrected chi connectivity index (χ2v) is 8.04. The summed E-state index contributed by atoms with van der Waals surface area (Å²) in [5.74, 6) is 0.440. The molecule has 2 N–H and O–H groups in total. The Morgan fingerprint density at radius 3 is 2.68 bits per heavy atom. The fraction of sp³-hybridized carbons (Fsp3) is 0.417. The predicted molar refractivity (Wildman–Crippen MR) is 127 cm³/mol. The molecule has 5 nitrogen and oxygen atoms in total. The fourth-order valence-electron chi connectivity index (χ4n) is 3.47. The quantitative estimate of drug-likeness (QED) is 0.431. The smallest absolute Gasteiger partial charge is 0.213 e. The summed E-state index contributed by atoms with van der Waals surface area (Å²) in [4.78, 5) is 6.79. The number of rotatable bonds is 10. The summed E-state index contributed by atoms with van der Waals surface area (Å²) >= 11 is 5.26. The number of thiocarbonyl (C=S) groups is 1. The largest absolute Gasteiger partial charge is 0.473 e. The first-order valence-corrected chi connectivity index (χ1v) is 11.3. The van der Waals surface area contributed by atoms with Gasteiger partial charge in [-0.2, -0.15) is 0 Å². The van der Waals surface area contributed by atoms with Crippen LogP contribution in [0.5, 0.6) is 5.88 Å². The molecule has 0 aliphatic carbocycles. The number of piperidine rings is 1. The second kappa shape index (κ2) is 13.0. The Hall–Kier alpha value is -2.51. The molecule has 1 saturated heterocycles. The molecule has 2 heterocycles. The van der Waals surface area contributed by atoms with E-state index in [1.54, 1.807) is 12.1 Å². The van der Waals surface area contributed by atoms with Crippen LogP contribution in [0.1, 0.15) is 30.4 Å². The Morgan fingerprint density at radius 1 is 1.06 bits per heavy atom. The molecule has 31 heavy (non-hydrogen) atoms. The third-order valence-electron chi connectivity index (χ3n) is 5.14. The lowest BCUT2D eigenvalue weighted by atomic mass is 10.1. The summed E-state index contributed by atoms with van der Waals surface area (Å²) in [6, 6.07) is 10.6. The third-order valence-corrected chi connectivity index (χ3v) is 5.43. The second-order valence-electron chi connectivity index (χ2n) is 7.63. The van der Waals surface area contributed by atoms with Gasteiger partial charge in [-0.3, -0.25) is 4.90 Å². The summed E-state index contributed by atoms with van der Waals surface area (Å²) in [6.07, 6.45) is 10.5. The summed E-state index contributed by atoms with van der Waals surface area (Å²) in [5.41, 5.74) is 2.32. The number of nitrogens with one attached hydrogen (secondary N) is 2. The minimum absolute atomic E-state index is 0.217. The molecular weight excluding hydrogens is 411 g/mol. The minimum atomic E-state index is -0.217. The van der Waals surface area contributed by atoms with Gasteiger partial charge in [-0.15, -0.1) is 0 Å². The van der Waals surface area contributed by atoms with Crippen LogP contribution in [0.4, 0.5) is 4.39 Å². The van der Waals surface area contributed by atoms with Crippen LogP contribution in [0.3, 0.4) is 0 Å². The Morgan fingerprint density at radius 2 is 1.87 bits per heavy atom. The number of pyridine rings is 1. The van der Waals surface area contributed by atoms with Gasteiger partial charge < -0.3 is 15.4 Å². The molecule has 166 valence electrons. The van der Waals surface area contributed by atoms with Gasteiger partial charge in [-0.05, 0) is 80.0 Å². The zero-order valence-corrected chi connectivity index (χ0v) is 18.7. The van der Waals surface area contributed by atoms with Gasteiger partial charge in [0.15, 0.2) is 5.11 Å². The Balaban J connectivity index is 1.27. The van der Waals surface area contributed by atoms with E-state index in [-0.39, 0.29) is 5.82 Å². The number of benzene rings is 1. The van der Waals surface area contributed by atoms with Crippen molar-refractivity contribution in [2.45, 2.75) is 32.2 Å². The highest BCUT2D eigenvalue weighted by Gasteiger charge is 2.10. The van der Waals surface area contributed by atoms with Gasteiger partial charge in [0.2, 0.25) is 5.88 Å². The molecule has 0 amide bonds. The first-order valence-electron chi connectivity index (χ1n) is 10.9. The van der Waals surface area contributed by atoms with Crippen molar-refractivity contribution >= 4 is 17.3 Å². The maximum atomic E-state index is 12.9. The van der Waals surface area contributed by atoms with Gasteiger partial charge in [0.05, 0.1) is 0 Å². The molecule has 0 spiro atoms. The van der Waals surface area contributed by atoms with Crippen LogP contribution in [0, 0.1) is 5.82 Å². The van der Waals surface area contributed by atoms with Crippen molar-refractivity contribution in [3.05, 3.63) is 71.7 Å². The van der Waals surface area contributed by atoms with Crippen LogP contribution in [0.2, 0.25) is 0 Å². The number of hydrogen-bond donors (Lipinski definition) is 2. The molecule has 1 aromatic carbocycles. The highest BCUT2D eigenvalue weighted by atomic mass is 32.1. The molecule has 1 aromatic heterocycles. The monoisotopic (exact) mass is 442 g/mol. The van der Waals surface area contributed by atoms with Crippen LogP contribution in [-0.4, -0.2) is 47.8 Å². The zero-order chi connectivity index (χ0) is 21.7. The average molecular weight is 443 g/mol. The number of hydrogen-bond acceptors (Lipinski definition) is 4. The molecule has 1 aliphatic rings. The molecule has 0 unspecified atom stereocenters. The van der Waals surface area contributed by atoms with E-state index in [1.807, 2.05) is 24.4 Å².